The standard InChI is InChI=1S/C96H80N2/c1-93(2,67-31-13-9-14-32-67)71-43-51-75(52-44-71)97(76-53-45-72(46-54-76)94(3,4)68-33-15-10-16-34-68)89-63-87(81-41-25-29-65-27-21-23-39-79(65)81)83-60-62-86-90(64-88(84-59-61-85(89)91(83)92(84)86)82-42-26-30-66-28-22-24-40-80(66)82)98(77-55-47-73(48-56-77)95(5,6)69-35-17-11-18-36-69)78-57-49-74(50-58-78)96(7,8)70-37-19-12-20-38-70/h9-64H,1-8H3. The topological polar surface area (TPSA) is 6.48 Å². The average Bonchev–Trinajstić information content (AvgIpc) is 0.700. The van der Waals surface area contributed by atoms with Crippen molar-refractivity contribution < 1.29 is 0 Å². The molecular weight excluding hydrogens is 1180 g/mol. The Bertz CT molecular complexity index is 5010. The fourth-order valence-corrected chi connectivity index (χ4v) is 15.7. The zero-order valence-electron chi connectivity index (χ0n) is 57.2. The van der Waals surface area contributed by atoms with Gasteiger partial charge in [-0.3, -0.25) is 0 Å². The van der Waals surface area contributed by atoms with Gasteiger partial charge in [-0.15, -0.1) is 0 Å². The van der Waals surface area contributed by atoms with Gasteiger partial charge in [0.25, 0.3) is 0 Å². The maximum Gasteiger partial charge on any atom is 0.0546 e. The van der Waals surface area contributed by atoms with Gasteiger partial charge >= 0.3 is 0 Å². The Morgan fingerprint density at radius 2 is 0.418 bits per heavy atom. The highest BCUT2D eigenvalue weighted by Crippen LogP contribution is 2.54. The second-order valence-corrected chi connectivity index (χ2v) is 28.8. The van der Waals surface area contributed by atoms with Gasteiger partial charge in [-0.2, -0.15) is 0 Å². The molecule has 16 aromatic rings. The first-order chi connectivity index (χ1) is 47.6. The van der Waals surface area contributed by atoms with Gasteiger partial charge < -0.3 is 9.80 Å². The summed E-state index contributed by atoms with van der Waals surface area (Å²) >= 11 is 0. The summed E-state index contributed by atoms with van der Waals surface area (Å²) in [7, 11) is 0. The monoisotopic (exact) mass is 1260 g/mol. The van der Waals surface area contributed by atoms with Crippen molar-refractivity contribution in [3.63, 3.8) is 0 Å². The van der Waals surface area contributed by atoms with E-state index >= 15 is 0 Å². The molecule has 0 saturated heterocycles. The van der Waals surface area contributed by atoms with Crippen LogP contribution < -0.4 is 9.80 Å². The minimum Gasteiger partial charge on any atom is -0.310 e. The summed E-state index contributed by atoms with van der Waals surface area (Å²) in [6.07, 6.45) is 0. The zero-order valence-corrected chi connectivity index (χ0v) is 57.2. The van der Waals surface area contributed by atoms with Crippen LogP contribution in [0.1, 0.15) is 99.9 Å². The third-order valence-corrected chi connectivity index (χ3v) is 21.9. The SMILES string of the molecule is CC(C)(c1ccccc1)c1ccc(N(c2ccc(C(C)(C)c3ccccc3)cc2)c2cc(-c3cccc4ccccc34)c3ccc4c(N(c5ccc(C(C)(C)c6ccccc6)cc5)c5ccc(C(C)(C)c6ccccc6)cc5)cc(-c5cccc6ccccc56)c5ccc2c3c54)cc1. The van der Waals surface area contributed by atoms with Gasteiger partial charge in [0.05, 0.1) is 11.4 Å². The van der Waals surface area contributed by atoms with Crippen molar-refractivity contribution in [3.8, 4) is 22.3 Å². The van der Waals surface area contributed by atoms with Crippen molar-refractivity contribution in [2.45, 2.75) is 77.0 Å². The van der Waals surface area contributed by atoms with E-state index in [-0.39, 0.29) is 21.7 Å². The van der Waals surface area contributed by atoms with Crippen LogP contribution in [-0.4, -0.2) is 0 Å². The molecule has 0 heterocycles. The van der Waals surface area contributed by atoms with Crippen molar-refractivity contribution in [1.82, 2.24) is 0 Å². The maximum atomic E-state index is 2.54. The highest BCUT2D eigenvalue weighted by Gasteiger charge is 2.31. The first-order valence-electron chi connectivity index (χ1n) is 34.6. The Kier molecular flexibility index (Phi) is 15.3. The summed E-state index contributed by atoms with van der Waals surface area (Å²) in [6, 6.07) is 127. The van der Waals surface area contributed by atoms with Crippen LogP contribution in [0.3, 0.4) is 0 Å². The molecule has 98 heavy (non-hydrogen) atoms. The molecular formula is C96H80N2. The lowest BCUT2D eigenvalue weighted by atomic mass is 9.78. The van der Waals surface area contributed by atoms with Crippen LogP contribution in [-0.2, 0) is 21.7 Å². The number of anilines is 6. The van der Waals surface area contributed by atoms with Gasteiger partial charge in [0.2, 0.25) is 0 Å². The Morgan fingerprint density at radius 3 is 0.704 bits per heavy atom. The lowest BCUT2D eigenvalue weighted by Crippen LogP contribution is -2.20. The van der Waals surface area contributed by atoms with Gasteiger partial charge in [0.15, 0.2) is 0 Å². The third kappa shape index (κ3) is 10.6. The molecule has 0 fully saturated rings. The fourth-order valence-electron chi connectivity index (χ4n) is 15.7. The quantitative estimate of drug-likeness (QED) is 0.0890. The second-order valence-electron chi connectivity index (χ2n) is 28.8. The summed E-state index contributed by atoms with van der Waals surface area (Å²) < 4.78 is 0. The van der Waals surface area contributed by atoms with Gasteiger partial charge in [0.1, 0.15) is 0 Å². The molecule has 0 saturated carbocycles. The van der Waals surface area contributed by atoms with E-state index in [2.05, 4.69) is 405 Å². The van der Waals surface area contributed by atoms with Crippen LogP contribution in [0.4, 0.5) is 34.1 Å². The molecule has 0 radical (unpaired) electrons. The number of rotatable bonds is 16. The molecule has 0 N–H and O–H groups in total. The summed E-state index contributed by atoms with van der Waals surface area (Å²) in [5.41, 5.74) is 20.4. The molecule has 0 spiro atoms. The fraction of sp³-hybridized carbons (Fsp3) is 0.125. The highest BCUT2D eigenvalue weighted by atomic mass is 15.2. The van der Waals surface area contributed by atoms with E-state index < -0.39 is 0 Å². The summed E-state index contributed by atoms with van der Waals surface area (Å²) in [6.45, 7) is 18.7. The minimum atomic E-state index is -0.237. The molecule has 0 bridgehead atoms. The molecule has 2 nitrogen and oxygen atoms in total. The largest absolute Gasteiger partial charge is 0.310 e. The van der Waals surface area contributed by atoms with Gasteiger partial charge in [0, 0.05) is 66.0 Å². The number of hydrogen-bond donors (Lipinski definition) is 0. The highest BCUT2D eigenvalue weighted by molar-refractivity contribution is 6.33. The Balaban J connectivity index is 1.00. The van der Waals surface area contributed by atoms with E-state index in [4.69, 9.17) is 0 Å². The number of hydrogen-bond acceptors (Lipinski definition) is 2. The molecule has 474 valence electrons. The van der Waals surface area contributed by atoms with Crippen molar-refractivity contribution in [2.75, 3.05) is 9.80 Å². The second kappa shape index (κ2) is 24.4. The van der Waals surface area contributed by atoms with Crippen LogP contribution in [0.5, 0.6) is 0 Å². The molecule has 0 amide bonds. The molecule has 0 aliphatic rings. The lowest BCUT2D eigenvalue weighted by molar-refractivity contribution is 0.640. The number of fused-ring (bicyclic) bond motifs is 2. The van der Waals surface area contributed by atoms with Crippen LogP contribution in [0.25, 0.3) is 76.1 Å². The van der Waals surface area contributed by atoms with Crippen molar-refractivity contribution >= 4 is 88.0 Å². The van der Waals surface area contributed by atoms with Gasteiger partial charge in [-0.05, 0) is 160 Å². The van der Waals surface area contributed by atoms with Crippen molar-refractivity contribution in [3.05, 3.63) is 384 Å². The predicted molar refractivity (Wildman–Crippen MR) is 420 cm³/mol. The van der Waals surface area contributed by atoms with Crippen LogP contribution >= 0.6 is 0 Å². The van der Waals surface area contributed by atoms with Crippen LogP contribution in [0, 0.1) is 0 Å². The van der Waals surface area contributed by atoms with Crippen molar-refractivity contribution in [1.29, 1.82) is 0 Å². The van der Waals surface area contributed by atoms with Gasteiger partial charge in [-0.25, -0.2) is 0 Å². The van der Waals surface area contributed by atoms with E-state index in [1.807, 2.05) is 0 Å². The van der Waals surface area contributed by atoms with E-state index in [0.29, 0.717) is 0 Å². The minimum absolute atomic E-state index is 0.237. The normalized spacial score (nSPS) is 12.3. The van der Waals surface area contributed by atoms with Crippen LogP contribution in [0.15, 0.2) is 340 Å². The zero-order chi connectivity index (χ0) is 66.9. The summed E-state index contributed by atoms with van der Waals surface area (Å²) in [5, 5.41) is 12.0. The first-order valence-corrected chi connectivity index (χ1v) is 34.6. The maximum absolute atomic E-state index is 2.54. The Hall–Kier alpha value is -11.3. The molecule has 0 aliphatic carbocycles. The number of benzene rings is 16. The third-order valence-electron chi connectivity index (χ3n) is 21.9. The molecule has 16 rings (SSSR count). The van der Waals surface area contributed by atoms with E-state index in [1.165, 1.54) is 110 Å². The Morgan fingerprint density at radius 1 is 0.184 bits per heavy atom. The first kappa shape index (κ1) is 61.5. The van der Waals surface area contributed by atoms with E-state index in [1.54, 1.807) is 0 Å². The molecule has 0 unspecified atom stereocenters. The molecule has 0 aliphatic heterocycles. The molecule has 0 atom stereocenters. The summed E-state index contributed by atoms with van der Waals surface area (Å²) in [5.74, 6) is 0. The summed E-state index contributed by atoms with van der Waals surface area (Å²) in [4.78, 5) is 5.07. The molecule has 16 aromatic carbocycles. The van der Waals surface area contributed by atoms with E-state index in [0.717, 1.165) is 44.9 Å². The molecule has 2 heteroatoms. The van der Waals surface area contributed by atoms with Crippen molar-refractivity contribution in [2.24, 2.45) is 0 Å². The molecule has 0 aromatic heterocycles. The Labute approximate surface area is 577 Å². The van der Waals surface area contributed by atoms with Gasteiger partial charge in [-0.1, -0.05) is 334 Å². The van der Waals surface area contributed by atoms with Crippen LogP contribution in [0.2, 0.25) is 0 Å². The lowest BCUT2D eigenvalue weighted by Gasteiger charge is -2.33. The average molecular weight is 1260 g/mol. The number of nitrogens with zero attached hydrogens (tertiary/aromatic N) is 2. The van der Waals surface area contributed by atoms with E-state index in [9.17, 15) is 0 Å². The predicted octanol–water partition coefficient (Wildman–Crippen LogP) is 26.5. The smallest absolute Gasteiger partial charge is 0.0546 e.